The highest BCUT2D eigenvalue weighted by atomic mass is 79.9. The van der Waals surface area contributed by atoms with Gasteiger partial charge in [-0.15, -0.1) is 0 Å². The van der Waals surface area contributed by atoms with Crippen LogP contribution in [-0.2, 0) is 0 Å². The molecule has 3 nitrogen and oxygen atoms in total. The topological polar surface area (TPSA) is 46.3 Å². The summed E-state index contributed by atoms with van der Waals surface area (Å²) in [5.41, 5.74) is 1.59. The van der Waals surface area contributed by atoms with Crippen LogP contribution >= 0.6 is 15.9 Å². The van der Waals surface area contributed by atoms with Crippen molar-refractivity contribution in [1.82, 2.24) is 5.16 Å². The third-order valence-electron chi connectivity index (χ3n) is 2.57. The molecule has 1 N–H and O–H groups in total. The number of benzene rings is 2. The molecule has 0 aliphatic heterocycles. The summed E-state index contributed by atoms with van der Waals surface area (Å²) < 4.78 is 6.24. The molecule has 2 aromatic carbocycles. The lowest BCUT2D eigenvalue weighted by molar-refractivity contribution is 0.439. The van der Waals surface area contributed by atoms with Crippen LogP contribution in [0.25, 0.3) is 22.2 Å². The Balaban J connectivity index is 2.28. The first kappa shape index (κ1) is 10.4. The van der Waals surface area contributed by atoms with Crippen LogP contribution < -0.4 is 0 Å². The summed E-state index contributed by atoms with van der Waals surface area (Å²) in [6.45, 7) is 0. The van der Waals surface area contributed by atoms with Gasteiger partial charge in [-0.1, -0.05) is 23.4 Å². The monoisotopic (exact) mass is 289 g/mol. The first-order valence-corrected chi connectivity index (χ1v) is 5.88. The Morgan fingerprint density at radius 2 is 1.94 bits per heavy atom. The van der Waals surface area contributed by atoms with Gasteiger partial charge >= 0.3 is 0 Å². The Morgan fingerprint density at radius 3 is 2.76 bits per heavy atom. The van der Waals surface area contributed by atoms with Gasteiger partial charge in [0.1, 0.15) is 11.3 Å². The van der Waals surface area contributed by atoms with E-state index < -0.39 is 0 Å². The van der Waals surface area contributed by atoms with Crippen molar-refractivity contribution in [1.29, 1.82) is 0 Å². The highest BCUT2D eigenvalue weighted by molar-refractivity contribution is 9.10. The summed E-state index contributed by atoms with van der Waals surface area (Å²) in [6.07, 6.45) is 0. The van der Waals surface area contributed by atoms with Gasteiger partial charge in [0, 0.05) is 10.0 Å². The molecule has 0 atom stereocenters. The molecule has 1 heterocycles. The van der Waals surface area contributed by atoms with Crippen molar-refractivity contribution in [3.05, 3.63) is 46.9 Å². The maximum Gasteiger partial charge on any atom is 0.174 e. The fourth-order valence-electron chi connectivity index (χ4n) is 1.79. The number of halogens is 1. The van der Waals surface area contributed by atoms with Gasteiger partial charge in [-0.25, -0.2) is 0 Å². The minimum absolute atomic E-state index is 0.210. The number of hydrogen-bond acceptors (Lipinski definition) is 3. The summed E-state index contributed by atoms with van der Waals surface area (Å²) in [5, 5.41) is 14.4. The molecule has 0 saturated carbocycles. The fraction of sp³-hybridized carbons (Fsp3) is 0. The highest BCUT2D eigenvalue weighted by Crippen LogP contribution is 2.33. The van der Waals surface area contributed by atoms with Crippen molar-refractivity contribution >= 4 is 26.8 Å². The quantitative estimate of drug-likeness (QED) is 0.737. The van der Waals surface area contributed by atoms with Crippen molar-refractivity contribution in [2.24, 2.45) is 0 Å². The Hall–Kier alpha value is -1.81. The number of nitrogens with zero attached hydrogens (tertiary/aromatic N) is 1. The molecule has 0 aliphatic rings. The minimum Gasteiger partial charge on any atom is -0.508 e. The summed E-state index contributed by atoms with van der Waals surface area (Å²) in [7, 11) is 0. The second-order valence-electron chi connectivity index (χ2n) is 3.70. The molecular formula is C13H8BrNO2. The minimum atomic E-state index is 0.210. The smallest absolute Gasteiger partial charge is 0.174 e. The maximum absolute atomic E-state index is 9.47. The molecule has 3 aromatic rings. The van der Waals surface area contributed by atoms with E-state index in [1.807, 2.05) is 24.3 Å². The van der Waals surface area contributed by atoms with Crippen LogP contribution in [0.1, 0.15) is 0 Å². The van der Waals surface area contributed by atoms with E-state index in [2.05, 4.69) is 21.1 Å². The fourth-order valence-corrected chi connectivity index (χ4v) is 2.23. The number of phenols is 1. The van der Waals surface area contributed by atoms with Gasteiger partial charge in [0.15, 0.2) is 5.76 Å². The molecule has 17 heavy (non-hydrogen) atoms. The molecule has 84 valence electrons. The summed E-state index contributed by atoms with van der Waals surface area (Å²) >= 11 is 3.43. The van der Waals surface area contributed by atoms with Crippen LogP contribution in [0.15, 0.2) is 51.5 Å². The zero-order valence-electron chi connectivity index (χ0n) is 8.72. The van der Waals surface area contributed by atoms with E-state index in [-0.39, 0.29) is 5.75 Å². The predicted octanol–water partition coefficient (Wildman–Crippen LogP) is 3.96. The Kier molecular flexibility index (Phi) is 2.37. The zero-order chi connectivity index (χ0) is 11.8. The zero-order valence-corrected chi connectivity index (χ0v) is 10.3. The van der Waals surface area contributed by atoms with E-state index in [9.17, 15) is 5.11 Å². The van der Waals surface area contributed by atoms with Crippen molar-refractivity contribution in [3.8, 4) is 17.1 Å². The van der Waals surface area contributed by atoms with Gasteiger partial charge in [0.05, 0.1) is 5.39 Å². The maximum atomic E-state index is 9.47. The highest BCUT2D eigenvalue weighted by Gasteiger charge is 2.12. The van der Waals surface area contributed by atoms with E-state index in [4.69, 9.17) is 4.52 Å². The van der Waals surface area contributed by atoms with Crippen LogP contribution in [0.2, 0.25) is 0 Å². The van der Waals surface area contributed by atoms with Crippen molar-refractivity contribution in [2.75, 3.05) is 0 Å². The summed E-state index contributed by atoms with van der Waals surface area (Å²) in [5.74, 6) is 0.874. The first-order valence-electron chi connectivity index (χ1n) is 5.09. The first-order chi connectivity index (χ1) is 8.25. The normalized spacial score (nSPS) is 10.9. The van der Waals surface area contributed by atoms with E-state index >= 15 is 0 Å². The number of fused-ring (bicyclic) bond motifs is 1. The average Bonchev–Trinajstić information content (AvgIpc) is 2.74. The van der Waals surface area contributed by atoms with Crippen LogP contribution in [0, 0.1) is 0 Å². The second kappa shape index (κ2) is 3.89. The van der Waals surface area contributed by atoms with E-state index in [0.717, 1.165) is 20.9 Å². The third-order valence-corrected chi connectivity index (χ3v) is 3.21. The number of phenolic OH excluding ortho intramolecular Hbond substituents is 1. The number of hydrogen-bond donors (Lipinski definition) is 1. The molecule has 0 bridgehead atoms. The van der Waals surface area contributed by atoms with Crippen LogP contribution in [0.5, 0.6) is 5.75 Å². The standard InChI is InChI=1S/C13H8BrNO2/c14-11-6-2-5-10-12(11)15-17-13(10)8-3-1-4-9(16)7-8/h1-7,16H. The SMILES string of the molecule is Oc1cccc(-c2onc3c(Br)cccc23)c1. The predicted molar refractivity (Wildman–Crippen MR) is 68.8 cm³/mol. The average molecular weight is 290 g/mol. The molecule has 0 spiro atoms. The molecule has 4 heteroatoms. The van der Waals surface area contributed by atoms with Gasteiger partial charge in [0.25, 0.3) is 0 Å². The number of aromatic nitrogens is 1. The Labute approximate surface area is 106 Å². The van der Waals surface area contributed by atoms with Crippen molar-refractivity contribution in [3.63, 3.8) is 0 Å². The Morgan fingerprint density at radius 1 is 1.12 bits per heavy atom. The van der Waals surface area contributed by atoms with Crippen molar-refractivity contribution < 1.29 is 9.63 Å². The molecule has 1 aromatic heterocycles. The lowest BCUT2D eigenvalue weighted by atomic mass is 10.1. The largest absolute Gasteiger partial charge is 0.508 e. The van der Waals surface area contributed by atoms with Gasteiger partial charge < -0.3 is 9.63 Å². The molecular weight excluding hydrogens is 282 g/mol. The summed E-state index contributed by atoms with van der Waals surface area (Å²) in [4.78, 5) is 0. The van der Waals surface area contributed by atoms with E-state index in [1.54, 1.807) is 18.2 Å². The molecule has 3 rings (SSSR count). The van der Waals surface area contributed by atoms with Crippen LogP contribution in [0.3, 0.4) is 0 Å². The number of rotatable bonds is 1. The summed E-state index contributed by atoms with van der Waals surface area (Å²) in [6, 6.07) is 12.7. The second-order valence-corrected chi connectivity index (χ2v) is 4.55. The molecule has 0 unspecified atom stereocenters. The van der Waals surface area contributed by atoms with Gasteiger partial charge in [-0.05, 0) is 40.2 Å². The molecule has 0 aliphatic carbocycles. The molecule has 0 amide bonds. The molecule has 0 radical (unpaired) electrons. The van der Waals surface area contributed by atoms with Gasteiger partial charge in [0.2, 0.25) is 0 Å². The van der Waals surface area contributed by atoms with Gasteiger partial charge in [-0.3, -0.25) is 0 Å². The third kappa shape index (κ3) is 1.70. The lowest BCUT2D eigenvalue weighted by Crippen LogP contribution is -1.75. The van der Waals surface area contributed by atoms with Gasteiger partial charge in [-0.2, -0.15) is 0 Å². The number of aromatic hydroxyl groups is 1. The van der Waals surface area contributed by atoms with Crippen LogP contribution in [-0.4, -0.2) is 10.3 Å². The van der Waals surface area contributed by atoms with E-state index in [0.29, 0.717) is 5.76 Å². The molecule has 0 saturated heterocycles. The van der Waals surface area contributed by atoms with Crippen molar-refractivity contribution in [2.45, 2.75) is 0 Å². The van der Waals surface area contributed by atoms with E-state index in [1.165, 1.54) is 0 Å². The Bertz CT molecular complexity index is 691. The lowest BCUT2D eigenvalue weighted by Gasteiger charge is -1.97. The van der Waals surface area contributed by atoms with Crippen LogP contribution in [0.4, 0.5) is 0 Å². The molecule has 0 fully saturated rings.